The van der Waals surface area contributed by atoms with E-state index in [1.165, 1.54) is 0 Å². The lowest BCUT2D eigenvalue weighted by molar-refractivity contribution is -0.121. The van der Waals surface area contributed by atoms with E-state index in [4.69, 9.17) is 4.74 Å². The molecule has 0 atom stereocenters. The van der Waals surface area contributed by atoms with Crippen LogP contribution in [0, 0.1) is 0 Å². The van der Waals surface area contributed by atoms with Crippen LogP contribution >= 0.6 is 0 Å². The van der Waals surface area contributed by atoms with Crippen LogP contribution in [0.15, 0.2) is 30.3 Å². The highest BCUT2D eigenvalue weighted by Crippen LogP contribution is 2.00. The first-order chi connectivity index (χ1) is 9.08. The van der Waals surface area contributed by atoms with Crippen molar-refractivity contribution in [3.63, 3.8) is 0 Å². The zero-order chi connectivity index (χ0) is 14.1. The van der Waals surface area contributed by atoms with Crippen LogP contribution < -0.4 is 16.2 Å². The SMILES string of the molecule is CC(C)NNC(=O)CNC(=O)OCc1ccccc1. The summed E-state index contributed by atoms with van der Waals surface area (Å²) in [6.07, 6.45) is -0.622. The zero-order valence-corrected chi connectivity index (χ0v) is 11.1. The van der Waals surface area contributed by atoms with Gasteiger partial charge in [0.05, 0.1) is 0 Å². The van der Waals surface area contributed by atoms with E-state index in [0.29, 0.717) is 0 Å². The van der Waals surface area contributed by atoms with Gasteiger partial charge < -0.3 is 10.1 Å². The molecule has 1 rings (SSSR count). The molecule has 1 aromatic carbocycles. The van der Waals surface area contributed by atoms with Gasteiger partial charge in [-0.3, -0.25) is 10.2 Å². The number of hydrogen-bond acceptors (Lipinski definition) is 4. The quantitative estimate of drug-likeness (QED) is 0.669. The molecule has 0 aliphatic rings. The third-order valence-corrected chi connectivity index (χ3v) is 2.11. The molecule has 0 aliphatic heterocycles. The predicted octanol–water partition coefficient (Wildman–Crippen LogP) is 0.942. The molecule has 0 spiro atoms. The molecule has 0 saturated carbocycles. The third kappa shape index (κ3) is 7.05. The van der Waals surface area contributed by atoms with Gasteiger partial charge in [-0.1, -0.05) is 30.3 Å². The maximum Gasteiger partial charge on any atom is 0.407 e. The molecule has 0 saturated heterocycles. The van der Waals surface area contributed by atoms with Crippen molar-refractivity contribution in [1.29, 1.82) is 0 Å². The number of carbonyl (C=O) groups excluding carboxylic acids is 2. The van der Waals surface area contributed by atoms with Crippen molar-refractivity contribution in [3.05, 3.63) is 35.9 Å². The molecule has 0 unspecified atom stereocenters. The van der Waals surface area contributed by atoms with Crippen molar-refractivity contribution in [3.8, 4) is 0 Å². The van der Waals surface area contributed by atoms with Crippen LogP contribution in [0.5, 0.6) is 0 Å². The topological polar surface area (TPSA) is 79.5 Å². The first kappa shape index (κ1) is 15.0. The molecular formula is C13H19N3O3. The van der Waals surface area contributed by atoms with Crippen LogP contribution in [0.25, 0.3) is 0 Å². The Morgan fingerprint density at radius 1 is 1.21 bits per heavy atom. The van der Waals surface area contributed by atoms with Crippen molar-refractivity contribution in [2.75, 3.05) is 6.54 Å². The lowest BCUT2D eigenvalue weighted by Crippen LogP contribution is -2.46. The zero-order valence-electron chi connectivity index (χ0n) is 11.1. The van der Waals surface area contributed by atoms with Crippen molar-refractivity contribution < 1.29 is 14.3 Å². The van der Waals surface area contributed by atoms with Gasteiger partial charge in [-0.15, -0.1) is 0 Å². The van der Waals surface area contributed by atoms with Gasteiger partial charge in [0, 0.05) is 6.04 Å². The Kier molecular flexibility index (Phi) is 6.38. The molecule has 6 heteroatoms. The normalized spacial score (nSPS) is 10.1. The summed E-state index contributed by atoms with van der Waals surface area (Å²) in [6, 6.07) is 9.45. The Balaban J connectivity index is 2.16. The van der Waals surface area contributed by atoms with Crippen LogP contribution in [-0.2, 0) is 16.1 Å². The molecule has 0 aromatic heterocycles. The van der Waals surface area contributed by atoms with Crippen LogP contribution in [-0.4, -0.2) is 24.6 Å². The Labute approximate surface area is 112 Å². The summed E-state index contributed by atoms with van der Waals surface area (Å²) >= 11 is 0. The van der Waals surface area contributed by atoms with Gasteiger partial charge in [0.1, 0.15) is 13.2 Å². The van der Waals surface area contributed by atoms with Crippen LogP contribution in [0.3, 0.4) is 0 Å². The molecule has 19 heavy (non-hydrogen) atoms. The van der Waals surface area contributed by atoms with Crippen molar-refractivity contribution in [2.24, 2.45) is 0 Å². The second-order valence-corrected chi connectivity index (χ2v) is 4.26. The molecule has 0 radical (unpaired) electrons. The first-order valence-corrected chi connectivity index (χ1v) is 6.07. The molecule has 0 heterocycles. The first-order valence-electron chi connectivity index (χ1n) is 6.07. The lowest BCUT2D eigenvalue weighted by atomic mass is 10.2. The number of amides is 2. The van der Waals surface area contributed by atoms with Gasteiger partial charge in [0.2, 0.25) is 0 Å². The van der Waals surface area contributed by atoms with Gasteiger partial charge in [-0.25, -0.2) is 10.2 Å². The highest BCUT2D eigenvalue weighted by Gasteiger charge is 2.06. The number of hydrazine groups is 1. The third-order valence-electron chi connectivity index (χ3n) is 2.11. The van der Waals surface area contributed by atoms with E-state index >= 15 is 0 Å². The van der Waals surface area contributed by atoms with Crippen LogP contribution in [0.2, 0.25) is 0 Å². The fourth-order valence-electron chi connectivity index (χ4n) is 1.20. The van der Waals surface area contributed by atoms with Crippen molar-refractivity contribution in [2.45, 2.75) is 26.5 Å². The number of alkyl carbamates (subject to hydrolysis) is 1. The Morgan fingerprint density at radius 3 is 2.53 bits per heavy atom. The smallest absolute Gasteiger partial charge is 0.407 e. The second kappa shape index (κ2) is 8.10. The molecule has 1 aromatic rings. The summed E-state index contributed by atoms with van der Waals surface area (Å²) in [5, 5.41) is 2.36. The van der Waals surface area contributed by atoms with Gasteiger partial charge >= 0.3 is 6.09 Å². The summed E-state index contributed by atoms with van der Waals surface area (Å²) in [5.74, 6) is -0.328. The summed E-state index contributed by atoms with van der Waals surface area (Å²) < 4.78 is 4.95. The summed E-state index contributed by atoms with van der Waals surface area (Å²) in [4.78, 5) is 22.6. The average Bonchev–Trinajstić information content (AvgIpc) is 2.41. The van der Waals surface area contributed by atoms with E-state index < -0.39 is 6.09 Å². The molecule has 104 valence electrons. The van der Waals surface area contributed by atoms with Crippen LogP contribution in [0.4, 0.5) is 4.79 Å². The lowest BCUT2D eigenvalue weighted by Gasteiger charge is -2.10. The van der Waals surface area contributed by atoms with E-state index in [1.54, 1.807) is 0 Å². The van der Waals surface area contributed by atoms with Crippen molar-refractivity contribution in [1.82, 2.24) is 16.2 Å². The highest BCUT2D eigenvalue weighted by molar-refractivity contribution is 5.81. The number of benzene rings is 1. The predicted molar refractivity (Wildman–Crippen MR) is 71.0 cm³/mol. The number of nitrogens with one attached hydrogen (secondary N) is 3. The van der Waals surface area contributed by atoms with E-state index in [0.717, 1.165) is 5.56 Å². The molecule has 3 N–H and O–H groups in total. The van der Waals surface area contributed by atoms with Gasteiger partial charge in [-0.05, 0) is 19.4 Å². The number of carbonyl (C=O) groups is 2. The molecule has 0 fully saturated rings. The number of ether oxygens (including phenoxy) is 1. The second-order valence-electron chi connectivity index (χ2n) is 4.26. The van der Waals surface area contributed by atoms with Gasteiger partial charge in [-0.2, -0.15) is 0 Å². The largest absolute Gasteiger partial charge is 0.445 e. The minimum absolute atomic E-state index is 0.132. The highest BCUT2D eigenvalue weighted by atomic mass is 16.5. The number of hydrogen-bond donors (Lipinski definition) is 3. The molecule has 6 nitrogen and oxygen atoms in total. The van der Waals surface area contributed by atoms with Gasteiger partial charge in [0.15, 0.2) is 0 Å². The summed E-state index contributed by atoms with van der Waals surface area (Å²) in [5.41, 5.74) is 6.08. The van der Waals surface area contributed by atoms with E-state index in [-0.39, 0.29) is 25.1 Å². The Bertz CT molecular complexity index is 407. The standard InChI is InChI=1S/C13H19N3O3/c1-10(2)15-16-12(17)8-14-13(18)19-9-11-6-4-3-5-7-11/h3-7,10,15H,8-9H2,1-2H3,(H,14,18)(H,16,17). The van der Waals surface area contributed by atoms with Crippen LogP contribution in [0.1, 0.15) is 19.4 Å². The fraction of sp³-hybridized carbons (Fsp3) is 0.385. The monoisotopic (exact) mass is 265 g/mol. The molecule has 2 amide bonds. The average molecular weight is 265 g/mol. The Hall–Kier alpha value is -2.08. The molecule has 0 aliphatic carbocycles. The molecule has 0 bridgehead atoms. The fourth-order valence-corrected chi connectivity index (χ4v) is 1.20. The summed E-state index contributed by atoms with van der Waals surface area (Å²) in [6.45, 7) is 3.83. The van der Waals surface area contributed by atoms with E-state index in [2.05, 4.69) is 16.2 Å². The maximum atomic E-state index is 11.3. The number of rotatable bonds is 6. The Morgan fingerprint density at radius 2 is 1.89 bits per heavy atom. The summed E-state index contributed by atoms with van der Waals surface area (Å²) in [7, 11) is 0. The van der Waals surface area contributed by atoms with Crippen molar-refractivity contribution >= 4 is 12.0 Å². The minimum Gasteiger partial charge on any atom is -0.445 e. The van der Waals surface area contributed by atoms with E-state index in [1.807, 2.05) is 44.2 Å². The maximum absolute atomic E-state index is 11.3. The van der Waals surface area contributed by atoms with E-state index in [9.17, 15) is 9.59 Å². The molecular weight excluding hydrogens is 246 g/mol. The minimum atomic E-state index is -0.622. The van der Waals surface area contributed by atoms with Gasteiger partial charge in [0.25, 0.3) is 5.91 Å².